The van der Waals surface area contributed by atoms with Crippen LogP contribution >= 0.6 is 23.2 Å². The topological polar surface area (TPSA) is 29.1 Å². The van der Waals surface area contributed by atoms with Gasteiger partial charge in [-0.1, -0.05) is 54.6 Å². The number of hydrogen-bond acceptors (Lipinski definition) is 1. The molecule has 4 heteroatoms. The number of nitrogens with one attached hydrogen (secondary N) is 1. The first-order valence-corrected chi connectivity index (χ1v) is 8.06. The summed E-state index contributed by atoms with van der Waals surface area (Å²) >= 11 is 11.8. The number of hydrogen-bond donors (Lipinski definition) is 1. The minimum atomic E-state index is -0.874. The maximum Gasteiger partial charge on any atom is 0.226 e. The van der Waals surface area contributed by atoms with Crippen LogP contribution in [0, 0.1) is 5.92 Å². The maximum atomic E-state index is 12.0. The molecule has 0 heterocycles. The second kappa shape index (κ2) is 5.94. The van der Waals surface area contributed by atoms with Crippen molar-refractivity contribution >= 4 is 29.1 Å². The van der Waals surface area contributed by atoms with Gasteiger partial charge in [-0.15, -0.1) is 23.2 Å². The molecule has 0 unspecified atom stereocenters. The van der Waals surface area contributed by atoms with Crippen LogP contribution in [0.25, 0.3) is 11.1 Å². The average molecular weight is 334 g/mol. The number of amides is 1. The summed E-state index contributed by atoms with van der Waals surface area (Å²) in [5, 5.41) is 2.97. The highest BCUT2D eigenvalue weighted by Crippen LogP contribution is 2.53. The van der Waals surface area contributed by atoms with E-state index in [1.165, 1.54) is 5.56 Å². The second-order valence-electron chi connectivity index (χ2n) is 5.74. The third-order valence-electron chi connectivity index (χ3n) is 4.02. The Bertz CT molecular complexity index is 667. The summed E-state index contributed by atoms with van der Waals surface area (Å²) in [5.41, 5.74) is 3.40. The van der Waals surface area contributed by atoms with Crippen molar-refractivity contribution in [1.29, 1.82) is 0 Å². The van der Waals surface area contributed by atoms with Crippen molar-refractivity contribution in [3.05, 3.63) is 60.2 Å². The molecule has 114 valence electrons. The van der Waals surface area contributed by atoms with Crippen LogP contribution in [0.3, 0.4) is 0 Å². The summed E-state index contributed by atoms with van der Waals surface area (Å²) < 4.78 is -0.874. The van der Waals surface area contributed by atoms with Crippen LogP contribution in [-0.4, -0.2) is 10.2 Å². The molecule has 0 aliphatic heterocycles. The van der Waals surface area contributed by atoms with E-state index in [2.05, 4.69) is 29.6 Å². The number of carbonyl (C=O) groups excluding carboxylic acids is 1. The summed E-state index contributed by atoms with van der Waals surface area (Å²) in [6.07, 6.45) is 0.529. The van der Waals surface area contributed by atoms with Gasteiger partial charge in [0.2, 0.25) is 5.91 Å². The van der Waals surface area contributed by atoms with Gasteiger partial charge in [0.15, 0.2) is 0 Å². The lowest BCUT2D eigenvalue weighted by Crippen LogP contribution is -2.29. The monoisotopic (exact) mass is 333 g/mol. The molecule has 1 aliphatic rings. The normalized spacial score (nSPS) is 20.2. The summed E-state index contributed by atoms with van der Waals surface area (Å²) in [6.45, 7) is 1.96. The minimum Gasteiger partial charge on any atom is -0.349 e. The smallest absolute Gasteiger partial charge is 0.226 e. The number of benzene rings is 2. The van der Waals surface area contributed by atoms with Crippen LogP contribution in [-0.2, 0) is 4.79 Å². The van der Waals surface area contributed by atoms with Crippen molar-refractivity contribution in [2.45, 2.75) is 23.7 Å². The minimum absolute atomic E-state index is 0.0675. The fourth-order valence-electron chi connectivity index (χ4n) is 2.49. The quantitative estimate of drug-likeness (QED) is 0.805. The predicted octanol–water partition coefficient (Wildman–Crippen LogP) is 4.72. The van der Waals surface area contributed by atoms with Gasteiger partial charge < -0.3 is 5.32 Å². The molecule has 1 aliphatic carbocycles. The van der Waals surface area contributed by atoms with E-state index in [9.17, 15) is 4.79 Å². The summed E-state index contributed by atoms with van der Waals surface area (Å²) in [6, 6.07) is 18.3. The molecule has 0 radical (unpaired) electrons. The summed E-state index contributed by atoms with van der Waals surface area (Å²) in [7, 11) is 0. The van der Waals surface area contributed by atoms with Gasteiger partial charge >= 0.3 is 0 Å². The third-order valence-corrected chi connectivity index (χ3v) is 4.85. The van der Waals surface area contributed by atoms with Crippen molar-refractivity contribution < 1.29 is 4.79 Å². The van der Waals surface area contributed by atoms with E-state index < -0.39 is 4.33 Å². The zero-order valence-electron chi connectivity index (χ0n) is 12.2. The van der Waals surface area contributed by atoms with Gasteiger partial charge in [0, 0.05) is 0 Å². The number of carbonyl (C=O) groups is 1. The zero-order valence-corrected chi connectivity index (χ0v) is 13.7. The number of alkyl halides is 2. The Balaban J connectivity index is 1.66. The van der Waals surface area contributed by atoms with E-state index in [4.69, 9.17) is 23.2 Å². The molecule has 0 spiro atoms. The molecule has 3 rings (SSSR count). The van der Waals surface area contributed by atoms with Crippen molar-refractivity contribution in [2.24, 2.45) is 5.92 Å². The van der Waals surface area contributed by atoms with Crippen molar-refractivity contribution in [3.8, 4) is 11.1 Å². The highest BCUT2D eigenvalue weighted by molar-refractivity contribution is 6.52. The number of halogens is 2. The molecular formula is C18H17Cl2NO. The second-order valence-corrected chi connectivity index (χ2v) is 7.28. The Morgan fingerprint density at radius 2 is 1.64 bits per heavy atom. The summed E-state index contributed by atoms with van der Waals surface area (Å²) in [4.78, 5) is 12.0. The van der Waals surface area contributed by atoms with Crippen LogP contribution in [0.15, 0.2) is 54.6 Å². The third kappa shape index (κ3) is 3.29. The SMILES string of the molecule is C[C@@H](NC(=O)[C@H]1CC1(Cl)Cl)c1ccc(-c2ccccc2)cc1. The molecule has 0 bridgehead atoms. The van der Waals surface area contributed by atoms with E-state index in [1.807, 2.05) is 37.3 Å². The molecule has 2 atom stereocenters. The molecular weight excluding hydrogens is 317 g/mol. The lowest BCUT2D eigenvalue weighted by molar-refractivity contribution is -0.123. The van der Waals surface area contributed by atoms with E-state index in [0.29, 0.717) is 6.42 Å². The lowest BCUT2D eigenvalue weighted by atomic mass is 10.0. The molecule has 2 aromatic rings. The van der Waals surface area contributed by atoms with Crippen molar-refractivity contribution in [3.63, 3.8) is 0 Å². The van der Waals surface area contributed by atoms with Gasteiger partial charge in [-0.3, -0.25) is 4.79 Å². The Morgan fingerprint density at radius 3 is 2.18 bits per heavy atom. The van der Waals surface area contributed by atoms with E-state index in [1.54, 1.807) is 0 Å². The fourth-order valence-corrected chi connectivity index (χ4v) is 3.00. The van der Waals surface area contributed by atoms with Crippen LogP contribution in [0.4, 0.5) is 0 Å². The Labute approximate surface area is 140 Å². The molecule has 0 saturated heterocycles. The van der Waals surface area contributed by atoms with Gasteiger partial charge in [-0.2, -0.15) is 0 Å². The van der Waals surface area contributed by atoms with E-state index in [0.717, 1.165) is 11.1 Å². The lowest BCUT2D eigenvalue weighted by Gasteiger charge is -2.15. The van der Waals surface area contributed by atoms with Crippen LogP contribution < -0.4 is 5.32 Å². The van der Waals surface area contributed by atoms with Gasteiger partial charge in [-0.05, 0) is 30.0 Å². The molecule has 1 amide bonds. The van der Waals surface area contributed by atoms with Gasteiger partial charge in [0.05, 0.1) is 12.0 Å². The first kappa shape index (κ1) is 15.4. The van der Waals surface area contributed by atoms with Crippen LogP contribution in [0.2, 0.25) is 0 Å². The molecule has 1 saturated carbocycles. The van der Waals surface area contributed by atoms with Crippen molar-refractivity contribution in [1.82, 2.24) is 5.32 Å². The zero-order chi connectivity index (χ0) is 15.7. The van der Waals surface area contributed by atoms with Crippen molar-refractivity contribution in [2.75, 3.05) is 0 Å². The Morgan fingerprint density at radius 1 is 1.09 bits per heavy atom. The Hall–Kier alpha value is -1.51. The fraction of sp³-hybridized carbons (Fsp3) is 0.278. The van der Waals surface area contributed by atoms with Crippen LogP contribution in [0.1, 0.15) is 24.9 Å². The average Bonchev–Trinajstić information content (AvgIpc) is 3.17. The van der Waals surface area contributed by atoms with E-state index >= 15 is 0 Å². The largest absolute Gasteiger partial charge is 0.349 e. The molecule has 2 aromatic carbocycles. The first-order valence-electron chi connectivity index (χ1n) is 7.31. The predicted molar refractivity (Wildman–Crippen MR) is 91.0 cm³/mol. The summed E-state index contributed by atoms with van der Waals surface area (Å²) in [5.74, 6) is -0.369. The molecule has 1 N–H and O–H groups in total. The highest BCUT2D eigenvalue weighted by atomic mass is 35.5. The maximum absolute atomic E-state index is 12.0. The van der Waals surface area contributed by atoms with Gasteiger partial charge in [-0.25, -0.2) is 0 Å². The standard InChI is InChI=1S/C18H17Cl2NO/c1-12(21-17(22)16-11-18(16,19)20)13-7-9-15(10-8-13)14-5-3-2-4-6-14/h2-10,12,16H,11H2,1H3,(H,21,22)/t12-,16-/m1/s1. The number of rotatable bonds is 4. The van der Waals surface area contributed by atoms with Crippen LogP contribution in [0.5, 0.6) is 0 Å². The van der Waals surface area contributed by atoms with E-state index in [-0.39, 0.29) is 17.9 Å². The Kier molecular flexibility index (Phi) is 4.16. The molecule has 22 heavy (non-hydrogen) atoms. The molecule has 1 fully saturated rings. The first-order chi connectivity index (χ1) is 10.5. The van der Waals surface area contributed by atoms with Gasteiger partial charge in [0.25, 0.3) is 0 Å². The van der Waals surface area contributed by atoms with Gasteiger partial charge in [0.1, 0.15) is 4.33 Å². The highest BCUT2D eigenvalue weighted by Gasteiger charge is 2.56. The molecule has 2 nitrogen and oxygen atoms in total. The molecule has 0 aromatic heterocycles.